The quantitative estimate of drug-likeness (QED) is 0.220. The number of rotatable bonds is 4. The van der Waals surface area contributed by atoms with Crippen molar-refractivity contribution >= 4 is 27.4 Å². The molecule has 0 bridgehead atoms. The number of hydrogen-bond donors (Lipinski definition) is 0. The van der Waals surface area contributed by atoms with Crippen molar-refractivity contribution in [3.63, 3.8) is 0 Å². The van der Waals surface area contributed by atoms with E-state index in [-0.39, 0.29) is 5.92 Å². The number of nitrogens with zero attached hydrogens (tertiary/aromatic N) is 4. The Bertz CT molecular complexity index is 1940. The minimum atomic E-state index is 0.157. The van der Waals surface area contributed by atoms with Crippen LogP contribution < -0.4 is 0 Å². The first-order chi connectivity index (χ1) is 19.6. The second kappa shape index (κ2) is 9.97. The van der Waals surface area contributed by atoms with Crippen molar-refractivity contribution in [1.82, 2.24) is 19.9 Å². The Morgan fingerprint density at radius 3 is 2.15 bits per heavy atom. The van der Waals surface area contributed by atoms with Crippen LogP contribution in [0, 0.1) is 13.8 Å². The normalized spacial score (nSPS) is 14.9. The molecule has 0 aliphatic heterocycles. The number of aryl methyl sites for hydroxylation is 2. The largest absolute Gasteiger partial charge is 0.251 e. The lowest BCUT2D eigenvalue weighted by Crippen LogP contribution is -2.05. The first-order valence-electron chi connectivity index (χ1n) is 13.7. The smallest absolute Gasteiger partial charge is 0.160 e. The monoisotopic (exact) mass is 516 g/mol. The third-order valence-corrected chi connectivity index (χ3v) is 7.60. The molecule has 7 rings (SSSR count). The van der Waals surface area contributed by atoms with E-state index in [1.165, 1.54) is 16.7 Å². The zero-order chi connectivity index (χ0) is 27.1. The number of benzene rings is 3. The molecule has 0 saturated heterocycles. The van der Waals surface area contributed by atoms with Crippen molar-refractivity contribution < 1.29 is 0 Å². The maximum absolute atomic E-state index is 5.15. The van der Waals surface area contributed by atoms with E-state index in [4.69, 9.17) is 19.9 Å². The Balaban J connectivity index is 1.35. The maximum Gasteiger partial charge on any atom is 0.160 e. The van der Waals surface area contributed by atoms with Crippen molar-refractivity contribution in [2.24, 2.45) is 0 Å². The molecule has 6 aromatic rings. The fourth-order valence-electron chi connectivity index (χ4n) is 5.54. The van der Waals surface area contributed by atoms with E-state index in [1.54, 1.807) is 0 Å². The van der Waals surface area contributed by atoms with E-state index in [0.29, 0.717) is 5.82 Å². The topological polar surface area (TPSA) is 51.6 Å². The molecule has 0 radical (unpaired) electrons. The van der Waals surface area contributed by atoms with Crippen LogP contribution >= 0.6 is 0 Å². The van der Waals surface area contributed by atoms with Gasteiger partial charge in [0.25, 0.3) is 0 Å². The standard InChI is InChI=1S/C36H28N4/c1-23-21-24(2)37-35-30(23)19-17-28-18-20-31(38-34(28)35)33-22-32(39-36(40-33)29-11-7-4-8-12-29)27-15-13-26(14-16-27)25-9-5-3-6-10-25/h3-15,17-22,27H,16H2,1-2H3. The van der Waals surface area contributed by atoms with Crippen molar-refractivity contribution in [3.8, 4) is 22.8 Å². The van der Waals surface area contributed by atoms with Crippen LogP contribution in [0.4, 0.5) is 0 Å². The molecule has 1 aliphatic carbocycles. The van der Waals surface area contributed by atoms with Crippen LogP contribution in [0.2, 0.25) is 0 Å². The number of hydrogen-bond acceptors (Lipinski definition) is 4. The van der Waals surface area contributed by atoms with Gasteiger partial charge in [0.1, 0.15) is 0 Å². The van der Waals surface area contributed by atoms with Crippen LogP contribution in [0.5, 0.6) is 0 Å². The summed E-state index contributed by atoms with van der Waals surface area (Å²) in [6, 6.07) is 33.4. The Labute approximate surface area is 233 Å². The van der Waals surface area contributed by atoms with Crippen LogP contribution in [0.15, 0.2) is 115 Å². The van der Waals surface area contributed by atoms with Gasteiger partial charge in [-0.05, 0) is 55.2 Å². The van der Waals surface area contributed by atoms with E-state index in [2.05, 4.69) is 104 Å². The van der Waals surface area contributed by atoms with Crippen molar-refractivity contribution in [1.29, 1.82) is 0 Å². The highest BCUT2D eigenvalue weighted by Crippen LogP contribution is 2.33. The van der Waals surface area contributed by atoms with Gasteiger partial charge in [0, 0.05) is 27.9 Å². The van der Waals surface area contributed by atoms with Gasteiger partial charge in [0.05, 0.1) is 28.1 Å². The van der Waals surface area contributed by atoms with E-state index in [0.717, 1.165) is 56.6 Å². The Morgan fingerprint density at radius 2 is 1.40 bits per heavy atom. The van der Waals surface area contributed by atoms with Gasteiger partial charge in [-0.3, -0.25) is 4.98 Å². The van der Waals surface area contributed by atoms with Gasteiger partial charge in [-0.25, -0.2) is 15.0 Å². The van der Waals surface area contributed by atoms with Crippen LogP contribution in [-0.2, 0) is 0 Å². The lowest BCUT2D eigenvalue weighted by atomic mass is 9.90. The van der Waals surface area contributed by atoms with Crippen LogP contribution in [0.25, 0.3) is 50.2 Å². The van der Waals surface area contributed by atoms with Gasteiger partial charge >= 0.3 is 0 Å². The summed E-state index contributed by atoms with van der Waals surface area (Å²) in [5, 5.41) is 2.20. The van der Waals surface area contributed by atoms with E-state index in [1.807, 2.05) is 25.1 Å². The molecular formula is C36H28N4. The molecule has 192 valence electrons. The average molecular weight is 517 g/mol. The molecule has 3 aromatic carbocycles. The molecule has 1 atom stereocenters. The van der Waals surface area contributed by atoms with Gasteiger partial charge in [-0.15, -0.1) is 0 Å². The summed E-state index contributed by atoms with van der Waals surface area (Å²) >= 11 is 0. The predicted molar refractivity (Wildman–Crippen MR) is 164 cm³/mol. The first-order valence-corrected chi connectivity index (χ1v) is 13.7. The number of allylic oxidation sites excluding steroid dienone is 4. The van der Waals surface area contributed by atoms with Gasteiger partial charge in [0.15, 0.2) is 5.82 Å². The predicted octanol–water partition coefficient (Wildman–Crippen LogP) is 8.65. The molecule has 40 heavy (non-hydrogen) atoms. The SMILES string of the molecule is Cc1cc(C)c2ccc3ccc(-c4cc(C5C=CC(c6ccccc6)=CC5)nc(-c5ccccc5)n4)nc3c2n1. The fourth-order valence-corrected chi connectivity index (χ4v) is 5.54. The lowest BCUT2D eigenvalue weighted by molar-refractivity contribution is 0.813. The molecule has 3 aromatic heterocycles. The summed E-state index contributed by atoms with van der Waals surface area (Å²) in [5.74, 6) is 0.869. The van der Waals surface area contributed by atoms with Crippen LogP contribution in [0.3, 0.4) is 0 Å². The summed E-state index contributed by atoms with van der Waals surface area (Å²) in [5.41, 5.74) is 10.1. The maximum atomic E-state index is 5.15. The molecule has 0 saturated carbocycles. The Morgan fingerprint density at radius 1 is 0.650 bits per heavy atom. The zero-order valence-electron chi connectivity index (χ0n) is 22.5. The highest BCUT2D eigenvalue weighted by Gasteiger charge is 2.18. The highest BCUT2D eigenvalue weighted by atomic mass is 14.9. The number of aromatic nitrogens is 4. The summed E-state index contributed by atoms with van der Waals surface area (Å²) in [6.45, 7) is 4.16. The minimum absolute atomic E-state index is 0.157. The number of pyridine rings is 2. The molecular weight excluding hydrogens is 488 g/mol. The Hall–Kier alpha value is -4.96. The summed E-state index contributed by atoms with van der Waals surface area (Å²) < 4.78 is 0. The third-order valence-electron chi connectivity index (χ3n) is 7.60. The number of fused-ring (bicyclic) bond motifs is 3. The summed E-state index contributed by atoms with van der Waals surface area (Å²) in [6.07, 6.45) is 7.66. The Kier molecular flexibility index (Phi) is 6.01. The minimum Gasteiger partial charge on any atom is -0.251 e. The van der Waals surface area contributed by atoms with Gasteiger partial charge < -0.3 is 0 Å². The van der Waals surface area contributed by atoms with Crippen molar-refractivity contribution in [2.75, 3.05) is 0 Å². The molecule has 4 nitrogen and oxygen atoms in total. The van der Waals surface area contributed by atoms with Crippen molar-refractivity contribution in [3.05, 3.63) is 138 Å². The first kappa shape index (κ1) is 24.1. The highest BCUT2D eigenvalue weighted by molar-refractivity contribution is 6.04. The molecule has 4 heteroatoms. The van der Waals surface area contributed by atoms with Crippen LogP contribution in [0.1, 0.15) is 34.9 Å². The molecule has 0 N–H and O–H groups in total. The van der Waals surface area contributed by atoms with Gasteiger partial charge in [-0.2, -0.15) is 0 Å². The summed E-state index contributed by atoms with van der Waals surface area (Å²) in [4.78, 5) is 20.1. The van der Waals surface area contributed by atoms with Crippen molar-refractivity contribution in [2.45, 2.75) is 26.2 Å². The van der Waals surface area contributed by atoms with Crippen LogP contribution in [-0.4, -0.2) is 19.9 Å². The van der Waals surface area contributed by atoms with Gasteiger partial charge in [0.2, 0.25) is 0 Å². The second-order valence-corrected chi connectivity index (χ2v) is 10.4. The lowest BCUT2D eigenvalue weighted by Gasteiger charge is -2.18. The second-order valence-electron chi connectivity index (χ2n) is 10.4. The summed E-state index contributed by atoms with van der Waals surface area (Å²) in [7, 11) is 0. The van der Waals surface area contributed by atoms with E-state index >= 15 is 0 Å². The molecule has 0 fully saturated rings. The van der Waals surface area contributed by atoms with Gasteiger partial charge in [-0.1, -0.05) is 97.1 Å². The van der Waals surface area contributed by atoms with E-state index in [9.17, 15) is 0 Å². The third kappa shape index (κ3) is 4.48. The molecule has 0 amide bonds. The zero-order valence-corrected chi connectivity index (χ0v) is 22.5. The molecule has 1 unspecified atom stereocenters. The molecule has 0 spiro atoms. The average Bonchev–Trinajstić information content (AvgIpc) is 3.01. The fraction of sp³-hybridized carbons (Fsp3) is 0.111. The molecule has 1 aliphatic rings. The molecule has 3 heterocycles. The van der Waals surface area contributed by atoms with E-state index < -0.39 is 0 Å².